The van der Waals surface area contributed by atoms with Gasteiger partial charge in [-0.3, -0.25) is 19.7 Å². The van der Waals surface area contributed by atoms with Crippen molar-refractivity contribution in [1.82, 2.24) is 0 Å². The Morgan fingerprint density at radius 3 is 2.32 bits per heavy atom. The highest BCUT2D eigenvalue weighted by Crippen LogP contribution is 2.40. The Morgan fingerprint density at radius 1 is 1.03 bits per heavy atom. The topological polar surface area (TPSA) is 117 Å². The van der Waals surface area contributed by atoms with Gasteiger partial charge in [-0.2, -0.15) is 5.26 Å². The predicted molar refractivity (Wildman–Crippen MR) is 114 cm³/mol. The number of amides is 2. The van der Waals surface area contributed by atoms with Crippen molar-refractivity contribution < 1.29 is 18.9 Å². The first-order chi connectivity index (χ1) is 15.0. The highest BCUT2D eigenvalue weighted by Gasteiger charge is 2.40. The van der Waals surface area contributed by atoms with Gasteiger partial charge in [0.1, 0.15) is 5.76 Å². The van der Waals surface area contributed by atoms with E-state index in [0.717, 1.165) is 16.7 Å². The molecule has 0 bridgehead atoms. The summed E-state index contributed by atoms with van der Waals surface area (Å²) in [7, 11) is 0. The molecule has 0 radical (unpaired) electrons. The average Bonchev–Trinajstić information content (AvgIpc) is 3.38. The summed E-state index contributed by atoms with van der Waals surface area (Å²) in [6.45, 7) is 0. The van der Waals surface area contributed by atoms with Gasteiger partial charge < -0.3 is 4.42 Å². The molecule has 0 spiro atoms. The summed E-state index contributed by atoms with van der Waals surface area (Å²) in [5.74, 6) is -0.0679. The lowest BCUT2D eigenvalue weighted by Gasteiger charge is -2.15. The Morgan fingerprint density at radius 2 is 1.74 bits per heavy atom. The van der Waals surface area contributed by atoms with Crippen LogP contribution < -0.4 is 4.90 Å². The monoisotopic (exact) mass is 431 g/mol. The van der Waals surface area contributed by atoms with Crippen LogP contribution in [0.1, 0.15) is 16.9 Å². The molecule has 1 aliphatic heterocycles. The molecule has 4 rings (SSSR count). The number of hydrogen-bond acceptors (Lipinski definition) is 7. The number of thioether (sulfide) groups is 1. The van der Waals surface area contributed by atoms with Crippen LogP contribution >= 0.6 is 11.8 Å². The van der Waals surface area contributed by atoms with Gasteiger partial charge in [0.15, 0.2) is 0 Å². The third-order valence-electron chi connectivity index (χ3n) is 4.60. The molecule has 9 heteroatoms. The summed E-state index contributed by atoms with van der Waals surface area (Å²) in [5.41, 5.74) is 1.19. The number of nitriles is 1. The second-order valence-electron chi connectivity index (χ2n) is 6.48. The van der Waals surface area contributed by atoms with Crippen LogP contribution in [0.15, 0.2) is 76.2 Å². The van der Waals surface area contributed by atoms with Crippen LogP contribution in [0.4, 0.5) is 11.4 Å². The Labute approximate surface area is 180 Å². The van der Waals surface area contributed by atoms with Gasteiger partial charge >= 0.3 is 0 Å². The van der Waals surface area contributed by atoms with Crippen molar-refractivity contribution in [1.29, 1.82) is 5.26 Å². The first-order valence-corrected chi connectivity index (χ1v) is 10.0. The van der Waals surface area contributed by atoms with E-state index in [1.807, 2.05) is 6.07 Å². The maximum atomic E-state index is 13.3. The number of rotatable bonds is 6. The number of imide groups is 1. The van der Waals surface area contributed by atoms with Crippen LogP contribution in [0.5, 0.6) is 0 Å². The van der Waals surface area contributed by atoms with Crippen molar-refractivity contribution >= 4 is 40.5 Å². The zero-order chi connectivity index (χ0) is 22.0. The van der Waals surface area contributed by atoms with E-state index in [4.69, 9.17) is 9.68 Å². The minimum Gasteiger partial charge on any atom is -0.468 e. The molecule has 1 aliphatic rings. The minimum absolute atomic E-state index is 0.116. The number of non-ortho nitro benzene ring substituents is 1. The molecule has 0 aliphatic carbocycles. The largest absolute Gasteiger partial charge is 0.468 e. The van der Waals surface area contributed by atoms with Crippen LogP contribution in [0.25, 0.3) is 5.57 Å². The maximum Gasteiger partial charge on any atom is 0.272 e. The number of benzene rings is 2. The smallest absolute Gasteiger partial charge is 0.272 e. The van der Waals surface area contributed by atoms with E-state index in [9.17, 15) is 19.7 Å². The lowest BCUT2D eigenvalue weighted by molar-refractivity contribution is -0.384. The zero-order valence-electron chi connectivity index (χ0n) is 15.8. The van der Waals surface area contributed by atoms with E-state index in [1.165, 1.54) is 54.8 Å². The Bertz CT molecular complexity index is 1240. The summed E-state index contributed by atoms with van der Waals surface area (Å²) in [5, 5.41) is 20.0. The van der Waals surface area contributed by atoms with Gasteiger partial charge in [-0.15, -0.1) is 11.8 Å². The zero-order valence-corrected chi connectivity index (χ0v) is 16.7. The first-order valence-electron chi connectivity index (χ1n) is 9.03. The summed E-state index contributed by atoms with van der Waals surface area (Å²) in [6.07, 6.45) is 1.52. The number of furan rings is 1. The van der Waals surface area contributed by atoms with E-state index in [2.05, 4.69) is 0 Å². The molecule has 8 nitrogen and oxygen atoms in total. The van der Waals surface area contributed by atoms with Gasteiger partial charge in [0.05, 0.1) is 44.7 Å². The number of carbonyl (C=O) groups is 2. The van der Waals surface area contributed by atoms with Crippen LogP contribution in [-0.2, 0) is 15.3 Å². The summed E-state index contributed by atoms with van der Waals surface area (Å²) in [4.78, 5) is 38.2. The lowest BCUT2D eigenvalue weighted by atomic mass is 10.1. The van der Waals surface area contributed by atoms with Gasteiger partial charge in [-0.05, 0) is 54.1 Å². The summed E-state index contributed by atoms with van der Waals surface area (Å²) < 4.78 is 5.32. The van der Waals surface area contributed by atoms with Crippen LogP contribution in [-0.4, -0.2) is 16.7 Å². The van der Waals surface area contributed by atoms with Gasteiger partial charge in [0, 0.05) is 12.1 Å². The van der Waals surface area contributed by atoms with Crippen LogP contribution in [0, 0.1) is 21.4 Å². The Balaban J connectivity index is 1.74. The Hall–Kier alpha value is -4.16. The van der Waals surface area contributed by atoms with Crippen molar-refractivity contribution in [2.45, 2.75) is 5.75 Å². The summed E-state index contributed by atoms with van der Waals surface area (Å²) >= 11 is 1.16. The van der Waals surface area contributed by atoms with Crippen molar-refractivity contribution in [3.8, 4) is 6.07 Å². The number of nitro benzene ring substituents is 1. The summed E-state index contributed by atoms with van der Waals surface area (Å²) in [6, 6.07) is 17.1. The molecule has 2 amide bonds. The fourth-order valence-corrected chi connectivity index (χ4v) is 4.12. The van der Waals surface area contributed by atoms with E-state index >= 15 is 0 Å². The van der Waals surface area contributed by atoms with Crippen LogP contribution in [0.2, 0.25) is 0 Å². The second-order valence-corrected chi connectivity index (χ2v) is 7.47. The van der Waals surface area contributed by atoms with Crippen molar-refractivity contribution in [2.24, 2.45) is 0 Å². The molecule has 0 unspecified atom stereocenters. The molecule has 2 aromatic carbocycles. The molecule has 2 heterocycles. The molecule has 152 valence electrons. The SMILES string of the molecule is N#Cc1ccc(N2C(=O)C(SCc3ccco3)=C(c3ccc([N+](=O)[O-])cc3)C2=O)cc1. The average molecular weight is 431 g/mol. The standard InChI is InChI=1S/C22H13N3O5S/c23-12-14-3-7-16(8-4-14)24-21(26)19(15-5-9-17(10-6-15)25(28)29)20(22(24)27)31-13-18-2-1-11-30-18/h1-11H,13H2. The fourth-order valence-electron chi connectivity index (χ4n) is 3.11. The van der Waals surface area contributed by atoms with Crippen molar-refractivity contribution in [3.63, 3.8) is 0 Å². The quantitative estimate of drug-likeness (QED) is 0.325. The molecule has 0 saturated heterocycles. The number of nitrogens with zero attached hydrogens (tertiary/aromatic N) is 3. The van der Waals surface area contributed by atoms with E-state index in [1.54, 1.807) is 12.1 Å². The number of hydrogen-bond donors (Lipinski definition) is 0. The van der Waals surface area contributed by atoms with Crippen LogP contribution in [0.3, 0.4) is 0 Å². The molecule has 1 aromatic heterocycles. The first kappa shape index (κ1) is 20.1. The number of nitro groups is 1. The van der Waals surface area contributed by atoms with Gasteiger partial charge in [0.25, 0.3) is 17.5 Å². The predicted octanol–water partition coefficient (Wildman–Crippen LogP) is 4.28. The highest BCUT2D eigenvalue weighted by atomic mass is 32.2. The molecule has 31 heavy (non-hydrogen) atoms. The molecule has 0 saturated carbocycles. The van der Waals surface area contributed by atoms with Gasteiger partial charge in [-0.1, -0.05) is 0 Å². The fraction of sp³-hybridized carbons (Fsp3) is 0.0455. The van der Waals surface area contributed by atoms with E-state index < -0.39 is 16.7 Å². The number of carbonyl (C=O) groups excluding carboxylic acids is 2. The highest BCUT2D eigenvalue weighted by molar-refractivity contribution is 8.03. The molecule has 0 N–H and O–H groups in total. The van der Waals surface area contributed by atoms with Crippen molar-refractivity contribution in [2.75, 3.05) is 4.90 Å². The molecule has 0 fully saturated rings. The molecular weight excluding hydrogens is 418 g/mol. The third kappa shape index (κ3) is 3.84. The lowest BCUT2D eigenvalue weighted by Crippen LogP contribution is -2.31. The molecule has 0 atom stereocenters. The van der Waals surface area contributed by atoms with Crippen molar-refractivity contribution in [3.05, 3.63) is 98.8 Å². The second kappa shape index (κ2) is 8.30. The Kier molecular flexibility index (Phi) is 5.39. The third-order valence-corrected chi connectivity index (χ3v) is 5.70. The maximum absolute atomic E-state index is 13.3. The molecular formula is C22H13N3O5S. The minimum atomic E-state index is -0.537. The number of anilines is 1. The van der Waals surface area contributed by atoms with Gasteiger partial charge in [-0.25, -0.2) is 4.90 Å². The normalized spacial score (nSPS) is 13.6. The van der Waals surface area contributed by atoms with E-state index in [0.29, 0.717) is 28.3 Å². The van der Waals surface area contributed by atoms with E-state index in [-0.39, 0.29) is 16.2 Å². The van der Waals surface area contributed by atoms with Gasteiger partial charge in [0.2, 0.25) is 0 Å². The molecule has 3 aromatic rings.